The molecule has 0 fully saturated rings. The van der Waals surface area contributed by atoms with Crippen LogP contribution in [-0.2, 0) is 6.54 Å². The molecule has 0 radical (unpaired) electrons. The Bertz CT molecular complexity index is 998. The van der Waals surface area contributed by atoms with Crippen molar-refractivity contribution in [2.75, 3.05) is 0 Å². The van der Waals surface area contributed by atoms with Gasteiger partial charge in [0.25, 0.3) is 5.69 Å². The van der Waals surface area contributed by atoms with E-state index in [1.807, 2.05) is 42.6 Å². The number of pyridine rings is 1. The maximum atomic E-state index is 11.4. The number of nitro benzene ring substituents is 1. The third kappa shape index (κ3) is 3.77. The minimum Gasteiger partial charge on any atom is -0.366 e. The SMILES string of the molecule is CC(C)[C@H](NCc1ccc(C(N)=O)cc1[N+](=O)[O-])c1nnc2ccccn12. The molecule has 3 rings (SSSR count). The summed E-state index contributed by atoms with van der Waals surface area (Å²) < 4.78 is 1.89. The van der Waals surface area contributed by atoms with Crippen LogP contribution in [0, 0.1) is 16.0 Å². The first kappa shape index (κ1) is 18.5. The van der Waals surface area contributed by atoms with Crippen LogP contribution in [0.15, 0.2) is 42.6 Å². The van der Waals surface area contributed by atoms with Crippen molar-refractivity contribution in [3.05, 3.63) is 69.7 Å². The number of nitrogens with one attached hydrogen (secondary N) is 1. The Morgan fingerprint density at radius 1 is 1.30 bits per heavy atom. The summed E-state index contributed by atoms with van der Waals surface area (Å²) in [6, 6.07) is 9.71. The number of primary amides is 1. The highest BCUT2D eigenvalue weighted by molar-refractivity contribution is 5.93. The highest BCUT2D eigenvalue weighted by Gasteiger charge is 2.23. The maximum Gasteiger partial charge on any atom is 0.274 e. The molecule has 27 heavy (non-hydrogen) atoms. The van der Waals surface area contributed by atoms with Crippen LogP contribution >= 0.6 is 0 Å². The van der Waals surface area contributed by atoms with Crippen LogP contribution in [0.25, 0.3) is 5.65 Å². The molecule has 140 valence electrons. The predicted octanol–water partition coefficient (Wildman–Crippen LogP) is 2.22. The Kier molecular flexibility index (Phi) is 5.13. The van der Waals surface area contributed by atoms with E-state index in [9.17, 15) is 14.9 Å². The lowest BCUT2D eigenvalue weighted by Crippen LogP contribution is -2.27. The van der Waals surface area contributed by atoms with E-state index >= 15 is 0 Å². The monoisotopic (exact) mass is 368 g/mol. The molecule has 0 saturated heterocycles. The van der Waals surface area contributed by atoms with Gasteiger partial charge in [-0.25, -0.2) is 0 Å². The van der Waals surface area contributed by atoms with Gasteiger partial charge in [0.05, 0.1) is 11.0 Å². The molecule has 9 nitrogen and oxygen atoms in total. The number of carbonyl (C=O) groups excluding carboxylic acids is 1. The molecule has 0 aliphatic heterocycles. The first-order chi connectivity index (χ1) is 12.9. The summed E-state index contributed by atoms with van der Waals surface area (Å²) in [5.41, 5.74) is 6.37. The summed E-state index contributed by atoms with van der Waals surface area (Å²) in [4.78, 5) is 22.2. The molecule has 2 aromatic heterocycles. The van der Waals surface area contributed by atoms with Crippen LogP contribution < -0.4 is 11.1 Å². The summed E-state index contributed by atoms with van der Waals surface area (Å²) in [5, 5.41) is 23.2. The van der Waals surface area contributed by atoms with Gasteiger partial charge in [-0.15, -0.1) is 10.2 Å². The van der Waals surface area contributed by atoms with Gasteiger partial charge in [0.2, 0.25) is 5.91 Å². The summed E-state index contributed by atoms with van der Waals surface area (Å²) in [6.07, 6.45) is 1.88. The fourth-order valence-corrected chi connectivity index (χ4v) is 2.95. The van der Waals surface area contributed by atoms with Gasteiger partial charge in [-0.2, -0.15) is 0 Å². The van der Waals surface area contributed by atoms with Crippen LogP contribution in [0.4, 0.5) is 5.69 Å². The molecular weight excluding hydrogens is 348 g/mol. The van der Waals surface area contributed by atoms with Crippen LogP contribution in [0.1, 0.15) is 41.6 Å². The summed E-state index contributed by atoms with van der Waals surface area (Å²) in [7, 11) is 0. The van der Waals surface area contributed by atoms with Crippen molar-refractivity contribution in [2.45, 2.75) is 26.4 Å². The molecule has 3 N–H and O–H groups in total. The van der Waals surface area contributed by atoms with E-state index in [0.717, 1.165) is 11.5 Å². The number of aromatic nitrogens is 3. The van der Waals surface area contributed by atoms with Crippen molar-refractivity contribution in [2.24, 2.45) is 11.7 Å². The smallest absolute Gasteiger partial charge is 0.274 e. The number of rotatable bonds is 7. The molecule has 1 aromatic carbocycles. The number of nitrogens with zero attached hydrogens (tertiary/aromatic N) is 4. The Labute approximate surface area is 155 Å². The molecule has 0 spiro atoms. The normalized spacial score (nSPS) is 12.4. The van der Waals surface area contributed by atoms with Gasteiger partial charge in [0, 0.05) is 29.9 Å². The number of nitro groups is 1. The third-order valence-electron chi connectivity index (χ3n) is 4.36. The van der Waals surface area contributed by atoms with Crippen molar-refractivity contribution in [1.82, 2.24) is 19.9 Å². The predicted molar refractivity (Wildman–Crippen MR) is 99.0 cm³/mol. The zero-order valence-electron chi connectivity index (χ0n) is 15.0. The largest absolute Gasteiger partial charge is 0.366 e. The second-order valence-electron chi connectivity index (χ2n) is 6.55. The second-order valence-corrected chi connectivity index (χ2v) is 6.55. The molecular formula is C18H20N6O3. The van der Waals surface area contributed by atoms with E-state index in [1.165, 1.54) is 12.1 Å². The lowest BCUT2D eigenvalue weighted by atomic mass is 10.0. The number of benzene rings is 1. The Balaban J connectivity index is 1.89. The molecule has 3 aromatic rings. The third-order valence-corrected chi connectivity index (χ3v) is 4.36. The van der Waals surface area contributed by atoms with E-state index in [1.54, 1.807) is 6.07 Å². The minimum absolute atomic E-state index is 0.106. The fraction of sp³-hybridized carbons (Fsp3) is 0.278. The van der Waals surface area contributed by atoms with Gasteiger partial charge < -0.3 is 11.1 Å². The van der Waals surface area contributed by atoms with Crippen LogP contribution in [0.5, 0.6) is 0 Å². The number of fused-ring (bicyclic) bond motifs is 1. The Hall–Kier alpha value is -3.33. The molecule has 0 saturated carbocycles. The molecule has 2 heterocycles. The molecule has 0 bridgehead atoms. The van der Waals surface area contributed by atoms with Crippen molar-refractivity contribution < 1.29 is 9.72 Å². The van der Waals surface area contributed by atoms with E-state index in [4.69, 9.17) is 5.73 Å². The topological polar surface area (TPSA) is 128 Å². The zero-order valence-corrected chi connectivity index (χ0v) is 15.0. The highest BCUT2D eigenvalue weighted by Crippen LogP contribution is 2.24. The van der Waals surface area contributed by atoms with Gasteiger partial charge >= 0.3 is 0 Å². The standard InChI is InChI=1S/C18H20N6O3/c1-11(2)16(18-22-21-15-5-3-4-8-23(15)18)20-10-13-7-6-12(17(19)25)9-14(13)24(26)27/h3-9,11,16,20H,10H2,1-2H3,(H2,19,25)/t16-/m0/s1. The molecule has 0 unspecified atom stereocenters. The number of carbonyl (C=O) groups is 1. The minimum atomic E-state index is -0.701. The van der Waals surface area contributed by atoms with Gasteiger partial charge in [0.15, 0.2) is 11.5 Å². The summed E-state index contributed by atoms with van der Waals surface area (Å²) in [6.45, 7) is 4.30. The van der Waals surface area contributed by atoms with Crippen LogP contribution in [-0.4, -0.2) is 25.4 Å². The molecule has 0 aliphatic rings. The van der Waals surface area contributed by atoms with Crippen molar-refractivity contribution >= 4 is 17.2 Å². The van der Waals surface area contributed by atoms with Gasteiger partial charge in [-0.1, -0.05) is 26.0 Å². The lowest BCUT2D eigenvalue weighted by molar-refractivity contribution is -0.385. The van der Waals surface area contributed by atoms with E-state index < -0.39 is 10.8 Å². The number of nitrogens with two attached hydrogens (primary N) is 1. The first-order valence-electron chi connectivity index (χ1n) is 8.48. The van der Waals surface area contributed by atoms with Gasteiger partial charge in [-0.05, 0) is 24.1 Å². The van der Waals surface area contributed by atoms with E-state index in [2.05, 4.69) is 15.5 Å². The second kappa shape index (κ2) is 7.50. The van der Waals surface area contributed by atoms with Crippen molar-refractivity contribution in [3.63, 3.8) is 0 Å². The fourth-order valence-electron chi connectivity index (χ4n) is 2.95. The molecule has 9 heteroatoms. The van der Waals surface area contributed by atoms with Crippen LogP contribution in [0.2, 0.25) is 0 Å². The molecule has 1 atom stereocenters. The summed E-state index contributed by atoms with van der Waals surface area (Å²) in [5.74, 6) is 0.200. The highest BCUT2D eigenvalue weighted by atomic mass is 16.6. The van der Waals surface area contributed by atoms with Crippen molar-refractivity contribution in [3.8, 4) is 0 Å². The van der Waals surface area contributed by atoms with Gasteiger partial charge in [0.1, 0.15) is 0 Å². The van der Waals surface area contributed by atoms with E-state index in [-0.39, 0.29) is 29.8 Å². The quantitative estimate of drug-likeness (QED) is 0.486. The average Bonchev–Trinajstić information content (AvgIpc) is 3.05. The van der Waals surface area contributed by atoms with E-state index in [0.29, 0.717) is 5.56 Å². The maximum absolute atomic E-state index is 11.4. The number of hydrogen-bond acceptors (Lipinski definition) is 6. The van der Waals surface area contributed by atoms with Crippen molar-refractivity contribution in [1.29, 1.82) is 0 Å². The number of hydrogen-bond donors (Lipinski definition) is 2. The van der Waals surface area contributed by atoms with Crippen LogP contribution in [0.3, 0.4) is 0 Å². The summed E-state index contributed by atoms with van der Waals surface area (Å²) >= 11 is 0. The Morgan fingerprint density at radius 3 is 2.74 bits per heavy atom. The number of amides is 1. The zero-order chi connectivity index (χ0) is 19.6. The lowest BCUT2D eigenvalue weighted by Gasteiger charge is -2.21. The molecule has 0 aliphatic carbocycles. The Morgan fingerprint density at radius 2 is 2.07 bits per heavy atom. The van der Waals surface area contributed by atoms with Gasteiger partial charge in [-0.3, -0.25) is 19.3 Å². The first-order valence-corrected chi connectivity index (χ1v) is 8.48. The molecule has 1 amide bonds. The average molecular weight is 368 g/mol.